The first-order chi connectivity index (χ1) is 23.2. The molecule has 0 aliphatic heterocycles. The molecule has 0 amide bonds. The lowest BCUT2D eigenvalue weighted by atomic mass is 9.89. The van der Waals surface area contributed by atoms with Crippen molar-refractivity contribution in [3.05, 3.63) is 48.6 Å². The summed E-state index contributed by atoms with van der Waals surface area (Å²) in [7, 11) is 4.44. The van der Waals surface area contributed by atoms with Crippen LogP contribution in [0.4, 0.5) is 0 Å². The number of ether oxygens (including phenoxy) is 2. The van der Waals surface area contributed by atoms with E-state index in [2.05, 4.69) is 81.5 Å². The van der Waals surface area contributed by atoms with Gasteiger partial charge >= 0.3 is 0 Å². The van der Waals surface area contributed by atoms with Crippen molar-refractivity contribution in [1.82, 2.24) is 4.90 Å². The van der Waals surface area contributed by atoms with Crippen molar-refractivity contribution < 1.29 is 9.47 Å². The van der Waals surface area contributed by atoms with Gasteiger partial charge in [0.15, 0.2) is 0 Å². The van der Waals surface area contributed by atoms with E-state index in [9.17, 15) is 0 Å². The number of rotatable bonds is 33. The van der Waals surface area contributed by atoms with Crippen molar-refractivity contribution in [3.8, 4) is 0 Å². The van der Waals surface area contributed by atoms with Crippen LogP contribution in [-0.2, 0) is 9.47 Å². The van der Waals surface area contributed by atoms with Gasteiger partial charge in [0.25, 0.3) is 0 Å². The number of unbranched alkanes of at least 4 members (excludes halogenated alkanes) is 18. The van der Waals surface area contributed by atoms with E-state index < -0.39 is 0 Å². The second-order valence-electron chi connectivity index (χ2n) is 14.4. The van der Waals surface area contributed by atoms with Crippen molar-refractivity contribution in [2.24, 2.45) is 0 Å². The minimum Gasteiger partial charge on any atom is -0.376 e. The summed E-state index contributed by atoms with van der Waals surface area (Å²) >= 11 is 0. The first kappa shape index (κ1) is 43.9. The van der Waals surface area contributed by atoms with Crippen molar-refractivity contribution in [2.45, 2.75) is 205 Å². The Hall–Kier alpha value is -1.16. The monoisotopic (exact) mass is 656 g/mol. The largest absolute Gasteiger partial charge is 0.376 e. The molecule has 1 rings (SSSR count). The minimum atomic E-state index is 0.263. The van der Waals surface area contributed by atoms with Crippen LogP contribution in [0.15, 0.2) is 48.6 Å². The maximum Gasteiger partial charge on any atom is 0.0851 e. The summed E-state index contributed by atoms with van der Waals surface area (Å²) in [5.74, 6) is 0. The summed E-state index contributed by atoms with van der Waals surface area (Å²) in [6.07, 6.45) is 53.8. The molecule has 0 spiro atoms. The Kier molecular flexibility index (Phi) is 32.4. The lowest BCUT2D eigenvalue weighted by molar-refractivity contribution is -0.105. The maximum atomic E-state index is 6.50. The van der Waals surface area contributed by atoms with E-state index in [1.165, 1.54) is 148 Å². The minimum absolute atomic E-state index is 0.263. The summed E-state index contributed by atoms with van der Waals surface area (Å²) in [6, 6.07) is 0.623. The molecule has 3 heteroatoms. The van der Waals surface area contributed by atoms with Gasteiger partial charge in [-0.15, -0.1) is 0 Å². The topological polar surface area (TPSA) is 21.7 Å². The molecule has 0 aromatic heterocycles. The van der Waals surface area contributed by atoms with E-state index in [1.54, 1.807) is 0 Å². The van der Waals surface area contributed by atoms with Gasteiger partial charge in [0.1, 0.15) is 0 Å². The molecule has 0 bridgehead atoms. The number of hydrogen-bond acceptors (Lipinski definition) is 3. The first-order valence-electron chi connectivity index (χ1n) is 20.7. The molecule has 0 radical (unpaired) electrons. The number of allylic oxidation sites excluding steroid dienone is 8. The normalized spacial score (nSPS) is 19.1. The molecule has 1 saturated carbocycles. The fourth-order valence-corrected chi connectivity index (χ4v) is 6.57. The van der Waals surface area contributed by atoms with Crippen LogP contribution in [0.25, 0.3) is 0 Å². The van der Waals surface area contributed by atoms with Crippen LogP contribution in [0.5, 0.6) is 0 Å². The lowest BCUT2D eigenvalue weighted by Crippen LogP contribution is -2.44. The van der Waals surface area contributed by atoms with Crippen LogP contribution in [0.1, 0.15) is 187 Å². The summed E-state index contributed by atoms with van der Waals surface area (Å²) < 4.78 is 13.0. The van der Waals surface area contributed by atoms with Gasteiger partial charge in [-0.25, -0.2) is 0 Å². The molecule has 47 heavy (non-hydrogen) atoms. The Morgan fingerprint density at radius 3 is 1.26 bits per heavy atom. The molecule has 0 saturated heterocycles. The lowest BCUT2D eigenvalue weighted by Gasteiger charge is -2.38. The molecule has 1 aliphatic rings. The molecule has 1 fully saturated rings. The van der Waals surface area contributed by atoms with Crippen molar-refractivity contribution in [2.75, 3.05) is 27.3 Å². The fourth-order valence-electron chi connectivity index (χ4n) is 6.57. The third-order valence-corrected chi connectivity index (χ3v) is 9.79. The Morgan fingerprint density at radius 2 is 0.830 bits per heavy atom. The molecule has 1 aliphatic carbocycles. The molecular formula is C44H81NO2. The Balaban J connectivity index is 2.05. The van der Waals surface area contributed by atoms with Gasteiger partial charge in [0, 0.05) is 19.3 Å². The van der Waals surface area contributed by atoms with Crippen LogP contribution < -0.4 is 0 Å². The average Bonchev–Trinajstić information content (AvgIpc) is 3.07. The summed E-state index contributed by atoms with van der Waals surface area (Å²) in [6.45, 7) is 6.33. The summed E-state index contributed by atoms with van der Waals surface area (Å²) in [5, 5.41) is 0. The number of hydrogen-bond donors (Lipinski definition) is 0. The number of nitrogens with zero attached hydrogens (tertiary/aromatic N) is 1. The molecular weight excluding hydrogens is 574 g/mol. The quantitative estimate of drug-likeness (QED) is 0.0519. The molecule has 0 aromatic carbocycles. The zero-order chi connectivity index (χ0) is 33.9. The second kappa shape index (κ2) is 34.7. The molecule has 3 atom stereocenters. The van der Waals surface area contributed by atoms with Crippen LogP contribution in [-0.4, -0.2) is 50.5 Å². The molecule has 3 nitrogen and oxygen atoms in total. The predicted molar refractivity (Wildman–Crippen MR) is 210 cm³/mol. The van der Waals surface area contributed by atoms with Crippen LogP contribution >= 0.6 is 0 Å². The first-order valence-corrected chi connectivity index (χ1v) is 20.7. The van der Waals surface area contributed by atoms with E-state index >= 15 is 0 Å². The van der Waals surface area contributed by atoms with Gasteiger partial charge in [0.05, 0.1) is 12.2 Å². The van der Waals surface area contributed by atoms with E-state index in [-0.39, 0.29) is 12.2 Å². The highest BCUT2D eigenvalue weighted by Gasteiger charge is 2.32. The highest BCUT2D eigenvalue weighted by molar-refractivity contribution is 4.93. The standard InChI is InChI=1S/C44H81NO2/c1-5-7-9-11-13-15-17-19-21-23-25-27-29-31-33-35-39-46-43-38-37-42(45(3)4)41-44(43)47-40-36-34-32-30-28-26-24-22-20-18-16-14-12-10-8-6-2/h13-16,19-22,42-44H,5-12,17-18,23-41H2,1-4H3/b15-13-,16-14-,21-19-,22-20-/t42-,43-,44+/m1/s1. The van der Waals surface area contributed by atoms with Crippen molar-refractivity contribution >= 4 is 0 Å². The second-order valence-corrected chi connectivity index (χ2v) is 14.4. The zero-order valence-electron chi connectivity index (χ0n) is 32.1. The SMILES string of the molecule is CCCCC/C=C\C/C=C\CCCCCCCCO[C@H]1C[C@H](N(C)C)CC[C@H]1OCCCCCCCC/C=C\C/C=C\CCCCC. The van der Waals surface area contributed by atoms with Crippen molar-refractivity contribution in [1.29, 1.82) is 0 Å². The van der Waals surface area contributed by atoms with E-state index in [4.69, 9.17) is 9.47 Å². The third kappa shape index (κ3) is 28.4. The highest BCUT2D eigenvalue weighted by Crippen LogP contribution is 2.27. The van der Waals surface area contributed by atoms with Gasteiger partial charge in [0.2, 0.25) is 0 Å². The summed E-state index contributed by atoms with van der Waals surface area (Å²) in [4.78, 5) is 2.38. The van der Waals surface area contributed by atoms with Crippen LogP contribution in [0.2, 0.25) is 0 Å². The zero-order valence-corrected chi connectivity index (χ0v) is 32.1. The average molecular weight is 656 g/mol. The maximum absolute atomic E-state index is 6.50. The van der Waals surface area contributed by atoms with E-state index in [0.717, 1.165) is 38.9 Å². The van der Waals surface area contributed by atoms with Gasteiger partial charge in [-0.3, -0.25) is 0 Å². The smallest absolute Gasteiger partial charge is 0.0851 e. The van der Waals surface area contributed by atoms with Crippen LogP contribution in [0, 0.1) is 0 Å². The van der Waals surface area contributed by atoms with Gasteiger partial charge in [-0.05, 0) is 110 Å². The Bertz CT molecular complexity index is 754. The van der Waals surface area contributed by atoms with Gasteiger partial charge < -0.3 is 14.4 Å². The third-order valence-electron chi connectivity index (χ3n) is 9.79. The fraction of sp³-hybridized carbons (Fsp3) is 0.818. The van der Waals surface area contributed by atoms with Gasteiger partial charge in [-0.1, -0.05) is 140 Å². The van der Waals surface area contributed by atoms with E-state index in [0.29, 0.717) is 6.04 Å². The van der Waals surface area contributed by atoms with E-state index in [1.807, 2.05) is 0 Å². The van der Waals surface area contributed by atoms with Gasteiger partial charge in [-0.2, -0.15) is 0 Å². The molecule has 0 heterocycles. The molecule has 274 valence electrons. The summed E-state index contributed by atoms with van der Waals surface area (Å²) in [5.41, 5.74) is 0. The molecule has 0 aromatic rings. The van der Waals surface area contributed by atoms with Crippen LogP contribution in [0.3, 0.4) is 0 Å². The molecule has 0 unspecified atom stereocenters. The Labute approximate surface area is 295 Å². The predicted octanol–water partition coefficient (Wildman–Crippen LogP) is 13.5. The molecule has 0 N–H and O–H groups in total. The van der Waals surface area contributed by atoms with Crippen molar-refractivity contribution in [3.63, 3.8) is 0 Å². The Morgan fingerprint density at radius 1 is 0.447 bits per heavy atom. The highest BCUT2D eigenvalue weighted by atomic mass is 16.5.